The molecular weight excluding hydrogens is 448 g/mol. The first-order valence-electron chi connectivity index (χ1n) is 11.4. The van der Waals surface area contributed by atoms with E-state index in [0.717, 1.165) is 22.4 Å². The van der Waals surface area contributed by atoms with Crippen LogP contribution in [0.15, 0.2) is 60.8 Å². The van der Waals surface area contributed by atoms with Crippen molar-refractivity contribution in [3.63, 3.8) is 0 Å². The number of carbonyl (C=O) groups excluding carboxylic acids is 2. The minimum atomic E-state index is -0.702. The number of fused-ring (bicyclic) bond motifs is 2. The standard InChI is InChI=1S/C26H30N4O5/c1-5-10-35-30-23-15-29(26(30)32)22(11-17(23)2)25(31)28-14-20-12-24(18(3)13-27-20)34-16-19-6-8-21(33-4)9-7-19/h5-9,11-13,22-23H,1,10,14-16H2,2-4H3,(H,28,31)/t22-,23-/m0/s1. The van der Waals surface area contributed by atoms with Gasteiger partial charge in [0.15, 0.2) is 0 Å². The Kier molecular flexibility index (Phi) is 7.36. The number of rotatable bonds is 10. The summed E-state index contributed by atoms with van der Waals surface area (Å²) in [6.45, 7) is 8.68. The number of nitrogens with zero attached hydrogens (tertiary/aromatic N) is 3. The van der Waals surface area contributed by atoms with E-state index in [9.17, 15) is 9.59 Å². The van der Waals surface area contributed by atoms with E-state index in [-0.39, 0.29) is 31.1 Å². The van der Waals surface area contributed by atoms with E-state index in [4.69, 9.17) is 14.3 Å². The molecule has 35 heavy (non-hydrogen) atoms. The van der Waals surface area contributed by atoms with Crippen LogP contribution in [-0.4, -0.2) is 59.2 Å². The second-order valence-corrected chi connectivity index (χ2v) is 8.51. The predicted molar refractivity (Wildman–Crippen MR) is 130 cm³/mol. The first-order chi connectivity index (χ1) is 16.9. The number of ether oxygens (including phenoxy) is 2. The van der Waals surface area contributed by atoms with Crippen LogP contribution in [0.2, 0.25) is 0 Å². The Morgan fingerprint density at radius 2 is 2.06 bits per heavy atom. The number of nitrogens with one attached hydrogen (secondary N) is 1. The first kappa shape index (κ1) is 24.3. The van der Waals surface area contributed by atoms with E-state index >= 15 is 0 Å². The number of urea groups is 1. The molecule has 1 N–H and O–H groups in total. The van der Waals surface area contributed by atoms with Crippen molar-refractivity contribution in [2.75, 3.05) is 20.3 Å². The summed E-state index contributed by atoms with van der Waals surface area (Å²) in [6.07, 6.45) is 5.11. The van der Waals surface area contributed by atoms with Crippen molar-refractivity contribution in [3.8, 4) is 11.5 Å². The van der Waals surface area contributed by atoms with Crippen molar-refractivity contribution in [3.05, 3.63) is 77.7 Å². The molecule has 0 unspecified atom stereocenters. The number of aromatic nitrogens is 1. The molecule has 4 rings (SSSR count). The van der Waals surface area contributed by atoms with Crippen molar-refractivity contribution in [2.24, 2.45) is 0 Å². The summed E-state index contributed by atoms with van der Waals surface area (Å²) >= 11 is 0. The maximum absolute atomic E-state index is 13.0. The highest BCUT2D eigenvalue weighted by molar-refractivity contribution is 5.90. The molecule has 1 aromatic heterocycles. The number of pyridine rings is 1. The summed E-state index contributed by atoms with van der Waals surface area (Å²) in [7, 11) is 1.63. The molecule has 3 amide bonds. The second-order valence-electron chi connectivity index (χ2n) is 8.51. The van der Waals surface area contributed by atoms with Gasteiger partial charge in [-0.25, -0.2) is 4.79 Å². The summed E-state index contributed by atoms with van der Waals surface area (Å²) in [4.78, 5) is 37.2. The molecule has 0 aliphatic carbocycles. The Labute approximate surface area is 204 Å². The third kappa shape index (κ3) is 5.30. The van der Waals surface area contributed by atoms with Gasteiger partial charge in [-0.3, -0.25) is 14.6 Å². The van der Waals surface area contributed by atoms with Crippen molar-refractivity contribution in [2.45, 2.75) is 39.1 Å². The topological polar surface area (TPSA) is 93.2 Å². The quantitative estimate of drug-likeness (QED) is 0.528. The number of hydrogen-bond acceptors (Lipinski definition) is 6. The molecule has 0 spiro atoms. The molecule has 2 aromatic rings. The lowest BCUT2D eigenvalue weighted by molar-refractivity contribution is -0.124. The Morgan fingerprint density at radius 1 is 1.29 bits per heavy atom. The van der Waals surface area contributed by atoms with Crippen LogP contribution in [0.5, 0.6) is 11.5 Å². The van der Waals surface area contributed by atoms with Gasteiger partial charge in [0.05, 0.1) is 38.5 Å². The van der Waals surface area contributed by atoms with Gasteiger partial charge >= 0.3 is 6.03 Å². The Morgan fingerprint density at radius 3 is 2.77 bits per heavy atom. The first-order valence-corrected chi connectivity index (χ1v) is 11.4. The van der Waals surface area contributed by atoms with Gasteiger partial charge in [0.1, 0.15) is 24.1 Å². The van der Waals surface area contributed by atoms with Crippen LogP contribution in [0.3, 0.4) is 0 Å². The summed E-state index contributed by atoms with van der Waals surface area (Å²) in [5.74, 6) is 1.21. The largest absolute Gasteiger partial charge is 0.497 e. The van der Waals surface area contributed by atoms with Gasteiger partial charge in [-0.05, 0) is 37.1 Å². The highest BCUT2D eigenvalue weighted by atomic mass is 16.7. The third-order valence-corrected chi connectivity index (χ3v) is 6.08. The maximum Gasteiger partial charge on any atom is 0.345 e. The third-order valence-electron chi connectivity index (χ3n) is 6.08. The molecule has 0 radical (unpaired) electrons. The maximum atomic E-state index is 13.0. The van der Waals surface area contributed by atoms with Crippen LogP contribution in [0.4, 0.5) is 4.79 Å². The van der Waals surface area contributed by atoms with Gasteiger partial charge in [0.25, 0.3) is 0 Å². The SMILES string of the molecule is C=CCON1C(=O)N2C[C@H]1C(C)=C[C@H]2C(=O)NCc1cc(OCc2ccc(OC)cc2)c(C)cn1. The summed E-state index contributed by atoms with van der Waals surface area (Å²) < 4.78 is 11.2. The number of amides is 3. The molecule has 1 aromatic carbocycles. The van der Waals surface area contributed by atoms with E-state index in [0.29, 0.717) is 24.6 Å². The summed E-state index contributed by atoms with van der Waals surface area (Å²) in [5.41, 5.74) is 3.48. The smallest absolute Gasteiger partial charge is 0.345 e. The molecule has 2 bridgehead atoms. The molecule has 2 aliphatic heterocycles. The predicted octanol–water partition coefficient (Wildman–Crippen LogP) is 3.15. The average Bonchev–Trinajstić information content (AvgIpc) is 3.15. The lowest BCUT2D eigenvalue weighted by Crippen LogP contribution is -2.48. The highest BCUT2D eigenvalue weighted by Crippen LogP contribution is 2.30. The molecule has 9 heteroatoms. The van der Waals surface area contributed by atoms with Crippen molar-refractivity contribution in [1.82, 2.24) is 20.3 Å². The molecule has 0 saturated carbocycles. The van der Waals surface area contributed by atoms with E-state index < -0.39 is 6.04 Å². The van der Waals surface area contributed by atoms with Crippen molar-refractivity contribution in [1.29, 1.82) is 0 Å². The van der Waals surface area contributed by atoms with Crippen LogP contribution in [-0.2, 0) is 22.8 Å². The fraction of sp³-hybridized carbons (Fsp3) is 0.346. The zero-order valence-corrected chi connectivity index (χ0v) is 20.2. The second kappa shape index (κ2) is 10.6. The minimum absolute atomic E-state index is 0.198. The molecule has 3 heterocycles. The molecule has 1 fully saturated rings. The number of methoxy groups -OCH3 is 1. The van der Waals surface area contributed by atoms with Gasteiger partial charge in [-0.2, -0.15) is 5.06 Å². The van der Waals surface area contributed by atoms with Gasteiger partial charge in [0, 0.05) is 17.8 Å². The monoisotopic (exact) mass is 478 g/mol. The molecular formula is C26H30N4O5. The zero-order chi connectivity index (χ0) is 24.9. The van der Waals surface area contributed by atoms with E-state index in [1.807, 2.05) is 50.3 Å². The average molecular weight is 479 g/mol. The number of hydrogen-bond donors (Lipinski definition) is 1. The summed E-state index contributed by atoms with van der Waals surface area (Å²) in [6, 6.07) is 8.27. The fourth-order valence-corrected chi connectivity index (χ4v) is 4.07. The fourth-order valence-electron chi connectivity index (χ4n) is 4.07. The zero-order valence-electron chi connectivity index (χ0n) is 20.2. The van der Waals surface area contributed by atoms with Crippen LogP contribution in [0.25, 0.3) is 0 Å². The Hall–Kier alpha value is -3.85. The number of aryl methyl sites for hydroxylation is 1. The van der Waals surface area contributed by atoms with Gasteiger partial charge in [-0.15, -0.1) is 6.58 Å². The van der Waals surface area contributed by atoms with E-state index in [2.05, 4.69) is 16.9 Å². The Balaban J connectivity index is 1.37. The van der Waals surface area contributed by atoms with E-state index in [1.165, 1.54) is 9.96 Å². The van der Waals surface area contributed by atoms with Crippen LogP contribution in [0, 0.1) is 6.92 Å². The molecule has 2 atom stereocenters. The van der Waals surface area contributed by atoms with Gasteiger partial charge in [0.2, 0.25) is 5.91 Å². The van der Waals surface area contributed by atoms with Gasteiger partial charge in [-0.1, -0.05) is 24.3 Å². The lowest BCUT2D eigenvalue weighted by atomic mass is 10.0. The number of hydroxylamine groups is 2. The van der Waals surface area contributed by atoms with Crippen molar-refractivity contribution < 1.29 is 23.9 Å². The molecule has 9 nitrogen and oxygen atoms in total. The molecule has 184 valence electrons. The normalized spacial score (nSPS) is 18.8. The highest BCUT2D eigenvalue weighted by Gasteiger charge is 2.47. The van der Waals surface area contributed by atoms with Crippen LogP contribution in [0.1, 0.15) is 23.7 Å². The lowest BCUT2D eigenvalue weighted by Gasteiger charge is -2.27. The Bertz CT molecular complexity index is 1130. The molecule has 1 saturated heterocycles. The van der Waals surface area contributed by atoms with Crippen molar-refractivity contribution >= 4 is 11.9 Å². The molecule has 2 aliphatic rings. The van der Waals surface area contributed by atoms with Crippen LogP contribution < -0.4 is 14.8 Å². The number of benzene rings is 1. The van der Waals surface area contributed by atoms with Crippen LogP contribution >= 0.6 is 0 Å². The van der Waals surface area contributed by atoms with E-state index in [1.54, 1.807) is 19.4 Å². The van der Waals surface area contributed by atoms with Gasteiger partial charge < -0.3 is 19.7 Å². The minimum Gasteiger partial charge on any atom is -0.497 e. The number of carbonyl (C=O) groups is 2. The summed E-state index contributed by atoms with van der Waals surface area (Å²) in [5, 5.41) is 4.23.